The van der Waals surface area contributed by atoms with Crippen molar-refractivity contribution < 1.29 is 17.8 Å². The molecule has 3 rings (SSSR count). The summed E-state index contributed by atoms with van der Waals surface area (Å²) in [5, 5.41) is 2.55. The molecule has 0 aliphatic carbocycles. The fourth-order valence-electron chi connectivity index (χ4n) is 2.36. The van der Waals surface area contributed by atoms with Gasteiger partial charge in [-0.3, -0.25) is 14.1 Å². The molecule has 2 aromatic carbocycles. The van der Waals surface area contributed by atoms with Gasteiger partial charge >= 0.3 is 0 Å². The Kier molecular flexibility index (Phi) is 5.05. The highest BCUT2D eigenvalue weighted by Gasteiger charge is 2.15. The lowest BCUT2D eigenvalue weighted by Crippen LogP contribution is -2.17. The highest BCUT2D eigenvalue weighted by Crippen LogP contribution is 2.37. The molecule has 1 amide bonds. The second-order valence-electron chi connectivity index (χ2n) is 5.27. The molecule has 0 aliphatic rings. The van der Waals surface area contributed by atoms with Gasteiger partial charge in [0, 0.05) is 12.6 Å². The largest absolute Gasteiger partial charge is 0.355 e. The molecule has 0 saturated heterocycles. The van der Waals surface area contributed by atoms with E-state index in [0.29, 0.717) is 16.0 Å². The second-order valence-corrected chi connectivity index (χ2v) is 8.91. The van der Waals surface area contributed by atoms with Crippen LogP contribution in [0.3, 0.4) is 0 Å². The highest BCUT2D eigenvalue weighted by atomic mass is 32.2. The predicted molar refractivity (Wildman–Crippen MR) is 103 cm³/mol. The summed E-state index contributed by atoms with van der Waals surface area (Å²) in [7, 11) is -2.72. The lowest BCUT2D eigenvalue weighted by atomic mass is 10.1. The van der Waals surface area contributed by atoms with Crippen molar-refractivity contribution in [3.63, 3.8) is 0 Å². The first-order valence-corrected chi connectivity index (χ1v) is 10.4. The number of hydrogen-bond acceptors (Lipinski definition) is 6. The van der Waals surface area contributed by atoms with Gasteiger partial charge in [0.05, 0.1) is 14.6 Å². The van der Waals surface area contributed by atoms with Crippen molar-refractivity contribution >= 4 is 38.7 Å². The van der Waals surface area contributed by atoms with Gasteiger partial charge in [-0.2, -0.15) is 8.42 Å². The van der Waals surface area contributed by atoms with E-state index in [1.165, 1.54) is 12.1 Å². The van der Waals surface area contributed by atoms with Crippen molar-refractivity contribution in [2.75, 3.05) is 7.05 Å². The van der Waals surface area contributed by atoms with Gasteiger partial charge in [0.1, 0.15) is 0 Å². The summed E-state index contributed by atoms with van der Waals surface area (Å²) in [6, 6.07) is 12.5. The van der Waals surface area contributed by atoms with Crippen LogP contribution in [0.15, 0.2) is 58.2 Å². The van der Waals surface area contributed by atoms with Crippen molar-refractivity contribution in [1.82, 2.24) is 5.32 Å². The summed E-state index contributed by atoms with van der Waals surface area (Å²) in [4.78, 5) is 24.8. The third-order valence-electron chi connectivity index (χ3n) is 3.63. The molecule has 1 heterocycles. The van der Waals surface area contributed by atoms with E-state index >= 15 is 0 Å². The van der Waals surface area contributed by atoms with Gasteiger partial charge in [0.2, 0.25) is 0 Å². The Labute approximate surface area is 157 Å². The van der Waals surface area contributed by atoms with Crippen LogP contribution in [0.4, 0.5) is 0 Å². The Hall–Kier alpha value is -2.33. The molecule has 0 saturated carbocycles. The summed E-state index contributed by atoms with van der Waals surface area (Å²) in [5.41, 5.74) is 1.97. The summed E-state index contributed by atoms with van der Waals surface area (Å²) in [5.74, 6) is -0.198. The Morgan fingerprint density at radius 1 is 0.923 bits per heavy atom. The zero-order chi connectivity index (χ0) is 18.9. The van der Waals surface area contributed by atoms with E-state index in [-0.39, 0.29) is 14.9 Å². The standard InChI is InChI=1S/C17H13NO5S3/c1-18-16(19)12-4-2-10(3-5-12)14-15(25-17(20)24-14)11-6-8-13(9-7-11)26(21,22)23/h2-9H,1H3,(H,18,19)(H,21,22,23). The zero-order valence-electron chi connectivity index (χ0n) is 13.4. The Morgan fingerprint density at radius 3 is 1.81 bits per heavy atom. The molecule has 9 heteroatoms. The van der Waals surface area contributed by atoms with Crippen LogP contribution in [0.5, 0.6) is 0 Å². The maximum Gasteiger partial charge on any atom is 0.294 e. The number of carbonyl (C=O) groups excluding carboxylic acids is 1. The van der Waals surface area contributed by atoms with Crippen molar-refractivity contribution in [1.29, 1.82) is 0 Å². The summed E-state index contributed by atoms with van der Waals surface area (Å²) in [6.45, 7) is 0. The first-order valence-electron chi connectivity index (χ1n) is 7.34. The summed E-state index contributed by atoms with van der Waals surface area (Å²) < 4.78 is 31.3. The molecule has 2 N–H and O–H groups in total. The van der Waals surface area contributed by atoms with Crippen molar-refractivity contribution in [2.24, 2.45) is 0 Å². The van der Waals surface area contributed by atoms with Gasteiger partial charge in [-0.15, -0.1) is 0 Å². The van der Waals surface area contributed by atoms with Crippen LogP contribution in [0.1, 0.15) is 10.4 Å². The van der Waals surface area contributed by atoms with Gasteiger partial charge in [-0.05, 0) is 35.4 Å². The van der Waals surface area contributed by atoms with Gasteiger partial charge in [0.15, 0.2) is 0 Å². The molecule has 0 spiro atoms. The first kappa shape index (κ1) is 18.5. The topological polar surface area (TPSA) is 101 Å². The summed E-state index contributed by atoms with van der Waals surface area (Å²) in [6.07, 6.45) is 0. The summed E-state index contributed by atoms with van der Waals surface area (Å²) >= 11 is 2.15. The Balaban J connectivity index is 2.04. The number of hydrogen-bond donors (Lipinski definition) is 2. The van der Waals surface area contributed by atoms with Crippen molar-refractivity contribution in [2.45, 2.75) is 4.90 Å². The van der Waals surface area contributed by atoms with E-state index in [1.54, 1.807) is 43.4 Å². The van der Waals surface area contributed by atoms with Crippen LogP contribution in [0.2, 0.25) is 0 Å². The molecule has 0 atom stereocenters. The van der Waals surface area contributed by atoms with Crippen LogP contribution in [-0.2, 0) is 10.1 Å². The lowest BCUT2D eigenvalue weighted by Gasteiger charge is -2.05. The number of amides is 1. The third kappa shape index (κ3) is 3.75. The molecule has 134 valence electrons. The number of benzene rings is 2. The maximum absolute atomic E-state index is 11.9. The van der Waals surface area contributed by atoms with Crippen LogP contribution in [0.25, 0.3) is 20.9 Å². The molecular weight excluding hydrogens is 394 g/mol. The van der Waals surface area contributed by atoms with Crippen LogP contribution < -0.4 is 9.37 Å². The zero-order valence-corrected chi connectivity index (χ0v) is 15.9. The average molecular weight is 407 g/mol. The minimum absolute atomic E-state index is 0.0933. The molecule has 3 aromatic rings. The van der Waals surface area contributed by atoms with Gasteiger partial charge < -0.3 is 5.32 Å². The predicted octanol–water partition coefficient (Wildman–Crippen LogP) is 3.11. The monoisotopic (exact) mass is 407 g/mol. The van der Waals surface area contributed by atoms with Gasteiger partial charge in [-0.1, -0.05) is 46.9 Å². The maximum atomic E-state index is 11.9. The quantitative estimate of drug-likeness (QED) is 0.647. The van der Waals surface area contributed by atoms with E-state index in [1.807, 2.05) is 0 Å². The molecule has 0 fully saturated rings. The van der Waals surface area contributed by atoms with Gasteiger partial charge in [-0.25, -0.2) is 0 Å². The van der Waals surface area contributed by atoms with Crippen LogP contribution in [0, 0.1) is 0 Å². The number of rotatable bonds is 4. The normalized spacial score (nSPS) is 11.3. The van der Waals surface area contributed by atoms with E-state index in [0.717, 1.165) is 33.1 Å². The van der Waals surface area contributed by atoms with Crippen molar-refractivity contribution in [3.8, 4) is 20.9 Å². The average Bonchev–Trinajstić information content (AvgIpc) is 3.02. The molecule has 0 radical (unpaired) electrons. The third-order valence-corrected chi connectivity index (χ3v) is 6.75. The Morgan fingerprint density at radius 2 is 1.38 bits per heavy atom. The number of nitrogens with one attached hydrogen (secondary N) is 1. The first-order chi connectivity index (χ1) is 12.3. The molecule has 0 bridgehead atoms. The molecule has 0 aliphatic heterocycles. The second kappa shape index (κ2) is 7.12. The van der Waals surface area contributed by atoms with Crippen LogP contribution in [-0.4, -0.2) is 25.9 Å². The highest BCUT2D eigenvalue weighted by molar-refractivity contribution is 7.85. The molecule has 0 unspecified atom stereocenters. The van der Waals surface area contributed by atoms with E-state index in [2.05, 4.69) is 5.32 Å². The van der Waals surface area contributed by atoms with E-state index in [4.69, 9.17) is 4.55 Å². The fourth-order valence-corrected chi connectivity index (χ4v) is 5.01. The minimum Gasteiger partial charge on any atom is -0.355 e. The molecule has 26 heavy (non-hydrogen) atoms. The van der Waals surface area contributed by atoms with E-state index in [9.17, 15) is 18.0 Å². The van der Waals surface area contributed by atoms with E-state index < -0.39 is 10.1 Å². The van der Waals surface area contributed by atoms with Crippen molar-refractivity contribution in [3.05, 3.63) is 62.9 Å². The SMILES string of the molecule is CNC(=O)c1ccc(-c2sc(=O)sc2-c2ccc(S(=O)(=O)O)cc2)cc1. The minimum atomic E-state index is -4.27. The van der Waals surface area contributed by atoms with Crippen LogP contribution >= 0.6 is 22.7 Å². The molecule has 1 aromatic heterocycles. The lowest BCUT2D eigenvalue weighted by molar-refractivity contribution is 0.0963. The fraction of sp³-hybridized carbons (Fsp3) is 0.0588. The molecule has 6 nitrogen and oxygen atoms in total. The smallest absolute Gasteiger partial charge is 0.294 e. The number of carbonyl (C=O) groups is 1. The Bertz CT molecular complexity index is 1110. The molecular formula is C17H13NO5S3. The van der Waals surface area contributed by atoms with Gasteiger partial charge in [0.25, 0.3) is 20.1 Å².